The van der Waals surface area contributed by atoms with Gasteiger partial charge in [-0.25, -0.2) is 4.79 Å². The van der Waals surface area contributed by atoms with E-state index < -0.39 is 0 Å². The number of rotatable bonds is 0. The molecular weight excluding hydrogens is 216 g/mol. The fourth-order valence-electron chi connectivity index (χ4n) is 3.64. The molecule has 1 amide bonds. The van der Waals surface area contributed by atoms with Gasteiger partial charge in [-0.3, -0.25) is 0 Å². The molecule has 4 nitrogen and oxygen atoms in total. The van der Waals surface area contributed by atoms with Crippen molar-refractivity contribution in [2.45, 2.75) is 38.8 Å². The van der Waals surface area contributed by atoms with Crippen molar-refractivity contribution in [3.63, 3.8) is 0 Å². The zero-order valence-corrected chi connectivity index (χ0v) is 11.0. The molecule has 0 spiro atoms. The first-order valence-corrected chi connectivity index (χ1v) is 6.66. The largest absolute Gasteiger partial charge is 0.444 e. The minimum atomic E-state index is -0.382. The summed E-state index contributed by atoms with van der Waals surface area (Å²) in [4.78, 5) is 16.7. The molecule has 0 N–H and O–H groups in total. The molecule has 0 aromatic heterocycles. The predicted octanol–water partition coefficient (Wildman–Crippen LogP) is 1.56. The normalized spacial score (nSPS) is 39.6. The number of carbonyl (C=O) groups is 1. The number of likely N-dealkylation sites (tertiary alicyclic amines) is 1. The third kappa shape index (κ3) is 1.92. The maximum atomic E-state index is 12.2. The summed E-state index contributed by atoms with van der Waals surface area (Å²) >= 11 is 0. The Morgan fingerprint density at radius 1 is 1.24 bits per heavy atom. The molecule has 0 aromatic carbocycles. The van der Waals surface area contributed by atoms with E-state index in [-0.39, 0.29) is 11.7 Å². The van der Waals surface area contributed by atoms with Crippen molar-refractivity contribution in [2.24, 2.45) is 11.8 Å². The Balaban J connectivity index is 1.72. The van der Waals surface area contributed by atoms with Crippen molar-refractivity contribution in [1.82, 2.24) is 9.80 Å². The van der Waals surface area contributed by atoms with Gasteiger partial charge in [0.2, 0.25) is 0 Å². The molecule has 0 aromatic rings. The highest BCUT2D eigenvalue weighted by Crippen LogP contribution is 2.41. The van der Waals surface area contributed by atoms with Crippen molar-refractivity contribution in [3.8, 4) is 0 Å². The molecule has 4 bridgehead atoms. The Morgan fingerprint density at radius 3 is 2.59 bits per heavy atom. The van der Waals surface area contributed by atoms with E-state index in [1.807, 2.05) is 25.7 Å². The fourth-order valence-corrected chi connectivity index (χ4v) is 3.64. The number of amides is 1. The quantitative estimate of drug-likeness (QED) is 0.642. The van der Waals surface area contributed by atoms with Gasteiger partial charge in [0.15, 0.2) is 0 Å². The van der Waals surface area contributed by atoms with Crippen LogP contribution in [0.15, 0.2) is 0 Å². The van der Waals surface area contributed by atoms with Crippen molar-refractivity contribution < 1.29 is 9.53 Å². The van der Waals surface area contributed by atoms with Gasteiger partial charge in [-0.15, -0.1) is 0 Å². The van der Waals surface area contributed by atoms with Crippen molar-refractivity contribution >= 4 is 6.09 Å². The van der Waals surface area contributed by atoms with Crippen LogP contribution >= 0.6 is 0 Å². The second-order valence-corrected chi connectivity index (χ2v) is 6.67. The third-order valence-corrected chi connectivity index (χ3v) is 4.28. The van der Waals surface area contributed by atoms with E-state index in [0.717, 1.165) is 19.0 Å². The summed E-state index contributed by atoms with van der Waals surface area (Å²) in [6, 6.07) is 0.414. The van der Waals surface area contributed by atoms with Gasteiger partial charge >= 0.3 is 6.09 Å². The van der Waals surface area contributed by atoms with E-state index in [4.69, 9.17) is 4.74 Å². The summed E-state index contributed by atoms with van der Waals surface area (Å²) in [7, 11) is 0. The van der Waals surface area contributed by atoms with Crippen LogP contribution in [0.3, 0.4) is 0 Å². The smallest absolute Gasteiger partial charge is 0.410 e. The highest BCUT2D eigenvalue weighted by molar-refractivity contribution is 5.69. The second kappa shape index (κ2) is 3.61. The van der Waals surface area contributed by atoms with Crippen LogP contribution < -0.4 is 0 Å². The minimum Gasteiger partial charge on any atom is -0.444 e. The maximum Gasteiger partial charge on any atom is 0.410 e. The number of fused-ring (bicyclic) bond motifs is 1. The van der Waals surface area contributed by atoms with E-state index in [9.17, 15) is 4.79 Å². The molecule has 0 saturated carbocycles. The summed E-state index contributed by atoms with van der Waals surface area (Å²) in [5.41, 5.74) is -0.382. The summed E-state index contributed by atoms with van der Waals surface area (Å²) in [6.07, 6.45) is 1.15. The Hall–Kier alpha value is -0.770. The van der Waals surface area contributed by atoms with Crippen LogP contribution in [0.5, 0.6) is 0 Å². The zero-order chi connectivity index (χ0) is 12.2. The molecule has 4 heterocycles. The second-order valence-electron chi connectivity index (χ2n) is 6.67. The number of carbonyl (C=O) groups excluding carboxylic acids is 1. The van der Waals surface area contributed by atoms with Crippen molar-refractivity contribution in [2.75, 3.05) is 26.2 Å². The highest BCUT2D eigenvalue weighted by atomic mass is 16.6. The molecule has 96 valence electrons. The Kier molecular flexibility index (Phi) is 2.41. The van der Waals surface area contributed by atoms with Gasteiger partial charge < -0.3 is 14.5 Å². The van der Waals surface area contributed by atoms with Crippen LogP contribution in [-0.4, -0.2) is 53.7 Å². The van der Waals surface area contributed by atoms with E-state index >= 15 is 0 Å². The van der Waals surface area contributed by atoms with Gasteiger partial charge in [0.05, 0.1) is 6.04 Å². The van der Waals surface area contributed by atoms with Crippen LogP contribution in [0.25, 0.3) is 0 Å². The summed E-state index contributed by atoms with van der Waals surface area (Å²) < 4.78 is 5.51. The first-order valence-electron chi connectivity index (χ1n) is 6.66. The van der Waals surface area contributed by atoms with Gasteiger partial charge in [0.1, 0.15) is 5.60 Å². The van der Waals surface area contributed by atoms with Crippen molar-refractivity contribution in [3.05, 3.63) is 0 Å². The lowest BCUT2D eigenvalue weighted by Crippen LogP contribution is -2.54. The van der Waals surface area contributed by atoms with Crippen LogP contribution in [0.1, 0.15) is 27.2 Å². The minimum absolute atomic E-state index is 0.112. The molecular formula is C13H22N2O2. The number of hydrogen-bond donors (Lipinski definition) is 0. The van der Waals surface area contributed by atoms with Crippen LogP contribution in [0, 0.1) is 11.8 Å². The lowest BCUT2D eigenvalue weighted by molar-refractivity contribution is 0.00840. The third-order valence-electron chi connectivity index (χ3n) is 4.28. The molecule has 4 atom stereocenters. The molecule has 4 saturated heterocycles. The molecule has 4 aliphatic heterocycles. The number of nitrogens with zero attached hydrogens (tertiary/aromatic N) is 2. The average Bonchev–Trinajstić information content (AvgIpc) is 2.49. The predicted molar refractivity (Wildman–Crippen MR) is 64.8 cm³/mol. The zero-order valence-electron chi connectivity index (χ0n) is 11.0. The van der Waals surface area contributed by atoms with E-state index in [1.165, 1.54) is 19.5 Å². The number of piperidine rings is 3. The standard InChI is InChI=1S/C13H22N2O2/c1-13(2,3)17-12(16)15-7-9-6-14-5-4-10(9)11(15)8-14/h9-11H,4-8H2,1-3H3. The van der Waals surface area contributed by atoms with Gasteiger partial charge in [0, 0.05) is 19.6 Å². The monoisotopic (exact) mass is 238 g/mol. The van der Waals surface area contributed by atoms with E-state index in [2.05, 4.69) is 4.90 Å². The van der Waals surface area contributed by atoms with Gasteiger partial charge in [0.25, 0.3) is 0 Å². The summed E-state index contributed by atoms with van der Waals surface area (Å²) in [6.45, 7) is 10.2. The Bertz CT molecular complexity index is 337. The van der Waals surface area contributed by atoms with Gasteiger partial charge in [-0.05, 0) is 45.6 Å². The fraction of sp³-hybridized carbons (Fsp3) is 0.923. The number of ether oxygens (including phenoxy) is 1. The van der Waals surface area contributed by atoms with Crippen molar-refractivity contribution in [1.29, 1.82) is 0 Å². The molecule has 4 unspecified atom stereocenters. The SMILES string of the molecule is CC(C)(C)OC(=O)N1CC2CN3CCC2C1C3. The average molecular weight is 238 g/mol. The summed E-state index contributed by atoms with van der Waals surface area (Å²) in [5.74, 6) is 1.42. The molecule has 0 aliphatic carbocycles. The maximum absolute atomic E-state index is 12.2. The summed E-state index contributed by atoms with van der Waals surface area (Å²) in [5, 5.41) is 0. The molecule has 17 heavy (non-hydrogen) atoms. The van der Waals surface area contributed by atoms with Crippen LogP contribution in [0.4, 0.5) is 4.79 Å². The molecule has 0 radical (unpaired) electrons. The topological polar surface area (TPSA) is 32.8 Å². The van der Waals surface area contributed by atoms with E-state index in [1.54, 1.807) is 0 Å². The lowest BCUT2D eigenvalue weighted by Gasteiger charge is -2.44. The molecule has 4 aliphatic rings. The Morgan fingerprint density at radius 2 is 2.00 bits per heavy atom. The Labute approximate surface area is 103 Å². The molecule has 4 heteroatoms. The van der Waals surface area contributed by atoms with Crippen LogP contribution in [-0.2, 0) is 4.74 Å². The van der Waals surface area contributed by atoms with Crippen LogP contribution in [0.2, 0.25) is 0 Å². The first-order chi connectivity index (χ1) is 7.94. The van der Waals surface area contributed by atoms with Gasteiger partial charge in [-0.1, -0.05) is 0 Å². The molecule has 4 fully saturated rings. The lowest BCUT2D eigenvalue weighted by atomic mass is 9.80. The number of hydrogen-bond acceptors (Lipinski definition) is 3. The highest BCUT2D eigenvalue weighted by Gasteiger charge is 2.51. The van der Waals surface area contributed by atoms with Gasteiger partial charge in [-0.2, -0.15) is 0 Å². The molecule has 4 rings (SSSR count). The van der Waals surface area contributed by atoms with E-state index in [0.29, 0.717) is 12.0 Å². The first kappa shape index (κ1) is 11.3.